The predicted molar refractivity (Wildman–Crippen MR) is 249 cm³/mol. The third kappa shape index (κ3) is 48.8. The van der Waals surface area contributed by atoms with Gasteiger partial charge in [-0.25, -0.2) is 0 Å². The fourth-order valence-corrected chi connectivity index (χ4v) is 8.05. The number of rotatable bonds is 38. The molecule has 376 valence electrons. The number of hydrogen-bond donors (Lipinski definition) is 0. The molecule has 0 saturated heterocycles. The Balaban J connectivity index is -0.000000250. The molecule has 0 aliphatic rings. The van der Waals surface area contributed by atoms with Gasteiger partial charge in [0.05, 0.1) is 26.4 Å². The third-order valence-corrected chi connectivity index (χ3v) is 13.4. The molecule has 0 N–H and O–H groups in total. The van der Waals surface area contributed by atoms with Crippen molar-refractivity contribution in [3.8, 4) is 0 Å². The van der Waals surface area contributed by atoms with Crippen LogP contribution in [0, 0.1) is 77.3 Å². The van der Waals surface area contributed by atoms with Crippen molar-refractivity contribution in [1.29, 1.82) is 0 Å². The molecule has 0 aromatic carbocycles. The van der Waals surface area contributed by atoms with Gasteiger partial charge in [-0.2, -0.15) is 0 Å². The summed E-state index contributed by atoms with van der Waals surface area (Å²) in [7, 11) is -8.28. The van der Waals surface area contributed by atoms with E-state index in [4.69, 9.17) is 18.1 Å². The molecule has 0 bridgehead atoms. The SMILES string of the molecule is CCCCC(CC)C(=O)[O-].CCCCC(CC)C(=O)[O-].CCCCC(CC)COP(=O)([O-])OCC(CC)CCCC.CCCCC(CC)COP(=O)([O-])OCC(CC)CCCC.[Ce+4]. The molecule has 0 aliphatic heterocycles. The van der Waals surface area contributed by atoms with Crippen molar-refractivity contribution in [1.82, 2.24) is 0 Å². The van der Waals surface area contributed by atoms with Gasteiger partial charge in [-0.3, -0.25) is 9.13 Å². The van der Waals surface area contributed by atoms with E-state index >= 15 is 0 Å². The van der Waals surface area contributed by atoms with Crippen molar-refractivity contribution >= 4 is 27.6 Å². The van der Waals surface area contributed by atoms with Gasteiger partial charge in [-0.1, -0.05) is 186 Å². The topological polar surface area (TPSA) is 197 Å². The zero-order chi connectivity index (χ0) is 48.2. The first-order valence-electron chi connectivity index (χ1n) is 25.0. The number of carbonyl (C=O) groups is 2. The maximum Gasteiger partial charge on any atom is 4.00 e. The second kappa shape index (κ2) is 50.4. The van der Waals surface area contributed by atoms with Crippen molar-refractivity contribution in [2.24, 2.45) is 35.5 Å². The number of unbranched alkanes of at least 4 members (excludes halogenated alkanes) is 6. The fraction of sp³-hybridized carbons (Fsp3) is 0.958. The molecule has 6 unspecified atom stereocenters. The minimum absolute atomic E-state index is 0. The first kappa shape index (κ1) is 72.5. The van der Waals surface area contributed by atoms with Crippen molar-refractivity contribution in [3.63, 3.8) is 0 Å². The molecule has 63 heavy (non-hydrogen) atoms. The van der Waals surface area contributed by atoms with Crippen LogP contribution in [0.4, 0.5) is 0 Å². The number of carbonyl (C=O) groups excluding carboxylic acids is 2. The Kier molecular flexibility index (Phi) is 58.0. The fourth-order valence-electron chi connectivity index (χ4n) is 6.33. The number of phosphoric ester groups is 2. The summed E-state index contributed by atoms with van der Waals surface area (Å²) in [6.45, 7) is 25.7. The van der Waals surface area contributed by atoms with Crippen molar-refractivity contribution < 1.29 is 98.6 Å². The Morgan fingerprint density at radius 3 is 0.714 bits per heavy atom. The van der Waals surface area contributed by atoms with Crippen molar-refractivity contribution in [3.05, 3.63) is 0 Å². The van der Waals surface area contributed by atoms with E-state index in [2.05, 4.69) is 69.2 Å². The van der Waals surface area contributed by atoms with Gasteiger partial charge in [-0.05, 0) is 86.9 Å². The first-order chi connectivity index (χ1) is 29.4. The molecule has 0 aromatic rings. The number of aliphatic carboxylic acids is 2. The zero-order valence-corrected chi connectivity index (χ0v) is 47.5. The Bertz CT molecular complexity index is 956. The Hall–Kier alpha value is 0.537. The van der Waals surface area contributed by atoms with E-state index < -0.39 is 27.6 Å². The summed E-state index contributed by atoms with van der Waals surface area (Å²) in [6.07, 6.45) is 23.8. The average molecular weight is 1070 g/mol. The molecule has 0 saturated carbocycles. The molecule has 0 amide bonds. The summed E-state index contributed by atoms with van der Waals surface area (Å²) in [6, 6.07) is 0. The second-order valence-corrected chi connectivity index (χ2v) is 19.7. The molecule has 0 radical (unpaired) electrons. The summed E-state index contributed by atoms with van der Waals surface area (Å²) in [5, 5.41) is 20.7. The second-order valence-electron chi connectivity index (χ2n) is 16.9. The molecule has 0 heterocycles. The van der Waals surface area contributed by atoms with E-state index in [9.17, 15) is 38.7 Å². The number of phosphoric acid groups is 2. The molecule has 0 aliphatic carbocycles. The standard InChI is InChI=1S/2C16H35O4P.2C8H16O2.Ce/c2*1-5-9-11-15(7-3)13-19-21(17,18)20-14-16(8-4)12-10-6-2;2*1-3-5-6-7(4-2)8(9)10;/h2*15-16H,5-14H2,1-4H3,(H,17,18);2*7H,3-6H2,1-2H3,(H,9,10);/q;;;;+4/p-4. The van der Waals surface area contributed by atoms with Crippen LogP contribution in [0.15, 0.2) is 0 Å². The molecule has 0 rings (SSSR count). The van der Waals surface area contributed by atoms with Gasteiger partial charge in [0.15, 0.2) is 0 Å². The van der Waals surface area contributed by atoms with Crippen molar-refractivity contribution in [2.75, 3.05) is 26.4 Å². The van der Waals surface area contributed by atoms with Crippen LogP contribution in [0.2, 0.25) is 0 Å². The van der Waals surface area contributed by atoms with Gasteiger partial charge in [0, 0.05) is 11.9 Å². The van der Waals surface area contributed by atoms with Gasteiger partial charge < -0.3 is 47.7 Å². The van der Waals surface area contributed by atoms with Gasteiger partial charge in [0.1, 0.15) is 0 Å². The zero-order valence-electron chi connectivity index (χ0n) is 42.6. The Morgan fingerprint density at radius 1 is 0.381 bits per heavy atom. The van der Waals surface area contributed by atoms with E-state index in [-0.39, 0.29) is 80.0 Å². The summed E-state index contributed by atoms with van der Waals surface area (Å²) in [5.41, 5.74) is 0. The number of hydrogen-bond acceptors (Lipinski definition) is 12. The van der Waals surface area contributed by atoms with Crippen LogP contribution in [0.25, 0.3) is 0 Å². The molecule has 12 nitrogen and oxygen atoms in total. The molecule has 0 spiro atoms. The minimum atomic E-state index is -4.14. The molecule has 0 fully saturated rings. The van der Waals surface area contributed by atoms with Crippen LogP contribution in [-0.4, -0.2) is 38.4 Å². The van der Waals surface area contributed by atoms with E-state index in [1.54, 1.807) is 0 Å². The van der Waals surface area contributed by atoms with Gasteiger partial charge in [0.2, 0.25) is 0 Å². The minimum Gasteiger partial charge on any atom is -0.756 e. The monoisotopic (exact) mass is 1070 g/mol. The van der Waals surface area contributed by atoms with Crippen LogP contribution in [0.1, 0.15) is 237 Å². The number of carboxylic acid groups (broad SMARTS) is 2. The maximum atomic E-state index is 11.8. The van der Waals surface area contributed by atoms with Gasteiger partial charge >= 0.3 is 41.7 Å². The van der Waals surface area contributed by atoms with Crippen LogP contribution in [0.5, 0.6) is 0 Å². The number of carboxylic acids is 2. The summed E-state index contributed by atoms with van der Waals surface area (Å²) < 4.78 is 43.8. The average Bonchev–Trinajstić information content (AvgIpc) is 3.25. The van der Waals surface area contributed by atoms with E-state index in [1.807, 2.05) is 13.8 Å². The normalized spacial score (nSPS) is 15.7. The molecule has 0 aromatic heterocycles. The Labute approximate surface area is 422 Å². The van der Waals surface area contributed by atoms with Gasteiger partial charge in [-0.15, -0.1) is 0 Å². The van der Waals surface area contributed by atoms with Crippen LogP contribution >= 0.6 is 15.6 Å². The van der Waals surface area contributed by atoms with Crippen molar-refractivity contribution in [2.45, 2.75) is 237 Å². The Morgan fingerprint density at radius 2 is 0.571 bits per heavy atom. The quantitative estimate of drug-likeness (QED) is 0.0531. The summed E-state index contributed by atoms with van der Waals surface area (Å²) >= 11 is 0. The third-order valence-electron chi connectivity index (χ3n) is 11.5. The molecular formula is C48H98CeO12P2. The van der Waals surface area contributed by atoms with E-state index in [1.165, 1.54) is 0 Å². The largest absolute Gasteiger partial charge is 4.00 e. The van der Waals surface area contributed by atoms with E-state index in [0.717, 1.165) is 141 Å². The molecular weight excluding hydrogens is 971 g/mol. The molecule has 15 heteroatoms. The predicted octanol–water partition coefficient (Wildman–Crippen LogP) is 11.7. The molecule has 6 atom stereocenters. The van der Waals surface area contributed by atoms with Crippen LogP contribution in [0.3, 0.4) is 0 Å². The summed E-state index contributed by atoms with van der Waals surface area (Å²) in [4.78, 5) is 44.3. The first-order valence-corrected chi connectivity index (χ1v) is 27.9. The maximum absolute atomic E-state index is 11.8. The van der Waals surface area contributed by atoms with E-state index in [0.29, 0.717) is 36.5 Å². The van der Waals surface area contributed by atoms with Crippen LogP contribution in [-0.2, 0) is 36.8 Å². The van der Waals surface area contributed by atoms with Crippen LogP contribution < -0.4 is 20.0 Å². The van der Waals surface area contributed by atoms with Gasteiger partial charge in [0.25, 0.3) is 15.6 Å². The summed E-state index contributed by atoms with van der Waals surface area (Å²) in [5.74, 6) is -1.02. The smallest absolute Gasteiger partial charge is 0.756 e.